The molecule has 0 bridgehead atoms. The van der Waals surface area contributed by atoms with Crippen molar-refractivity contribution >= 4 is 10.8 Å². The summed E-state index contributed by atoms with van der Waals surface area (Å²) in [6.07, 6.45) is -0.199. The van der Waals surface area contributed by atoms with Gasteiger partial charge in [-0.3, -0.25) is 0 Å². The van der Waals surface area contributed by atoms with Crippen LogP contribution in [0.5, 0.6) is 0 Å². The average Bonchev–Trinajstić information content (AvgIpc) is 2.28. The highest BCUT2D eigenvalue weighted by molar-refractivity contribution is 5.85. The van der Waals surface area contributed by atoms with Crippen molar-refractivity contribution in [1.29, 1.82) is 0 Å². The summed E-state index contributed by atoms with van der Waals surface area (Å²) in [5, 5.41) is 20.8. The zero-order valence-electron chi connectivity index (χ0n) is 8.43. The molecule has 0 heterocycles. The Balaban J connectivity index is 2.50. The van der Waals surface area contributed by atoms with E-state index in [0.717, 1.165) is 16.3 Å². The van der Waals surface area contributed by atoms with Gasteiger partial charge in [-0.1, -0.05) is 42.5 Å². The van der Waals surface area contributed by atoms with Crippen LogP contribution in [-0.2, 0) is 0 Å². The summed E-state index contributed by atoms with van der Waals surface area (Å²) in [7, 11) is 0. The molecule has 15 heavy (non-hydrogen) atoms. The predicted molar refractivity (Wildman–Crippen MR) is 60.6 cm³/mol. The van der Waals surface area contributed by atoms with Gasteiger partial charge in [0.2, 0.25) is 0 Å². The highest BCUT2D eigenvalue weighted by Crippen LogP contribution is 2.25. The van der Waals surface area contributed by atoms with Crippen molar-refractivity contribution < 1.29 is 10.2 Å². The molecule has 2 heteroatoms. The molecule has 1 atom stereocenters. The maximum absolute atomic E-state index is 9.86. The molecular weight excluding hydrogens is 188 g/mol. The number of aliphatic hydroxyl groups is 2. The number of aliphatic hydroxyl groups excluding tert-OH is 2. The second-order valence-corrected chi connectivity index (χ2v) is 3.60. The third-order valence-corrected chi connectivity index (χ3v) is 2.58. The number of hydrogen-bond acceptors (Lipinski definition) is 2. The third kappa shape index (κ3) is 2.01. The summed E-state index contributed by atoms with van der Waals surface area (Å²) in [5.41, 5.74) is 0.891. The first kappa shape index (κ1) is 10.1. The van der Waals surface area contributed by atoms with E-state index in [0.29, 0.717) is 6.42 Å². The Morgan fingerprint density at radius 1 is 1.00 bits per heavy atom. The van der Waals surface area contributed by atoms with E-state index in [-0.39, 0.29) is 6.61 Å². The van der Waals surface area contributed by atoms with E-state index >= 15 is 0 Å². The minimum absolute atomic E-state index is 0.00435. The standard InChI is InChI=1S/C13H14O2/c14-9-8-13(15)12-7-3-5-10-4-1-2-6-11(10)12/h1-7,13-15H,8-9H2. The van der Waals surface area contributed by atoms with Gasteiger partial charge in [-0.15, -0.1) is 0 Å². The van der Waals surface area contributed by atoms with Crippen molar-refractivity contribution in [3.8, 4) is 0 Å². The van der Waals surface area contributed by atoms with Gasteiger partial charge < -0.3 is 10.2 Å². The molecule has 0 spiro atoms. The Morgan fingerprint density at radius 3 is 2.53 bits per heavy atom. The maximum atomic E-state index is 9.86. The van der Waals surface area contributed by atoms with Crippen LogP contribution in [0.3, 0.4) is 0 Å². The SMILES string of the molecule is OCCC(O)c1cccc2ccccc12. The fraction of sp³-hybridized carbons (Fsp3) is 0.231. The first-order chi connectivity index (χ1) is 7.33. The molecule has 1 unspecified atom stereocenters. The van der Waals surface area contributed by atoms with Gasteiger partial charge in [0.05, 0.1) is 6.10 Å². The summed E-state index contributed by atoms with van der Waals surface area (Å²) >= 11 is 0. The molecule has 2 rings (SSSR count). The molecule has 0 aliphatic heterocycles. The molecule has 0 aliphatic rings. The minimum atomic E-state index is -0.582. The molecule has 0 radical (unpaired) electrons. The van der Waals surface area contributed by atoms with Crippen LogP contribution >= 0.6 is 0 Å². The molecule has 2 nitrogen and oxygen atoms in total. The van der Waals surface area contributed by atoms with E-state index in [1.54, 1.807) is 0 Å². The van der Waals surface area contributed by atoms with Gasteiger partial charge in [0.1, 0.15) is 0 Å². The summed E-state index contributed by atoms with van der Waals surface area (Å²) in [6, 6.07) is 13.8. The van der Waals surface area contributed by atoms with E-state index in [2.05, 4.69) is 0 Å². The van der Waals surface area contributed by atoms with E-state index in [1.165, 1.54) is 0 Å². The van der Waals surface area contributed by atoms with Gasteiger partial charge in [0.15, 0.2) is 0 Å². The zero-order valence-corrected chi connectivity index (χ0v) is 8.43. The van der Waals surface area contributed by atoms with Crippen LogP contribution in [0.15, 0.2) is 42.5 Å². The number of benzene rings is 2. The summed E-state index contributed by atoms with van der Waals surface area (Å²) in [6.45, 7) is 0.00435. The number of hydrogen-bond donors (Lipinski definition) is 2. The maximum Gasteiger partial charge on any atom is 0.0817 e. The monoisotopic (exact) mass is 202 g/mol. The van der Waals surface area contributed by atoms with Gasteiger partial charge in [0, 0.05) is 13.0 Å². The molecule has 0 aromatic heterocycles. The Bertz CT molecular complexity index is 446. The molecule has 2 aromatic carbocycles. The molecule has 0 aliphatic carbocycles. The Kier molecular flexibility index (Phi) is 2.99. The van der Waals surface area contributed by atoms with Crippen molar-refractivity contribution in [2.75, 3.05) is 6.61 Å². The molecule has 0 amide bonds. The highest BCUT2D eigenvalue weighted by atomic mass is 16.3. The Morgan fingerprint density at radius 2 is 1.73 bits per heavy atom. The molecule has 2 N–H and O–H groups in total. The van der Waals surface area contributed by atoms with E-state index in [1.807, 2.05) is 42.5 Å². The molecule has 0 fully saturated rings. The molecule has 78 valence electrons. The van der Waals surface area contributed by atoms with Crippen molar-refractivity contribution in [1.82, 2.24) is 0 Å². The minimum Gasteiger partial charge on any atom is -0.396 e. The lowest BCUT2D eigenvalue weighted by Crippen LogP contribution is -2.00. The zero-order chi connectivity index (χ0) is 10.7. The van der Waals surface area contributed by atoms with Crippen molar-refractivity contribution in [2.24, 2.45) is 0 Å². The fourth-order valence-corrected chi connectivity index (χ4v) is 1.82. The van der Waals surface area contributed by atoms with Crippen LogP contribution < -0.4 is 0 Å². The number of rotatable bonds is 3. The van der Waals surface area contributed by atoms with Crippen molar-refractivity contribution in [3.05, 3.63) is 48.0 Å². The van der Waals surface area contributed by atoms with E-state index in [4.69, 9.17) is 5.11 Å². The average molecular weight is 202 g/mol. The van der Waals surface area contributed by atoms with Crippen molar-refractivity contribution in [2.45, 2.75) is 12.5 Å². The summed E-state index contributed by atoms with van der Waals surface area (Å²) in [4.78, 5) is 0. The first-order valence-electron chi connectivity index (χ1n) is 5.09. The van der Waals surface area contributed by atoms with Gasteiger partial charge >= 0.3 is 0 Å². The predicted octanol–water partition coefficient (Wildman–Crippen LogP) is 2.26. The lowest BCUT2D eigenvalue weighted by Gasteiger charge is -2.12. The number of fused-ring (bicyclic) bond motifs is 1. The normalized spacial score (nSPS) is 12.9. The van der Waals surface area contributed by atoms with Crippen molar-refractivity contribution in [3.63, 3.8) is 0 Å². The third-order valence-electron chi connectivity index (χ3n) is 2.58. The Hall–Kier alpha value is -1.38. The van der Waals surface area contributed by atoms with Crippen LogP contribution in [0.2, 0.25) is 0 Å². The topological polar surface area (TPSA) is 40.5 Å². The van der Waals surface area contributed by atoms with E-state index in [9.17, 15) is 5.11 Å². The van der Waals surface area contributed by atoms with Gasteiger partial charge in [-0.05, 0) is 16.3 Å². The summed E-state index contributed by atoms with van der Waals surface area (Å²) in [5.74, 6) is 0. The quantitative estimate of drug-likeness (QED) is 0.801. The van der Waals surface area contributed by atoms with Crippen LogP contribution in [0, 0.1) is 0 Å². The van der Waals surface area contributed by atoms with Gasteiger partial charge in [-0.2, -0.15) is 0 Å². The molecule has 0 saturated carbocycles. The second-order valence-electron chi connectivity index (χ2n) is 3.60. The highest BCUT2D eigenvalue weighted by Gasteiger charge is 2.09. The molecular formula is C13H14O2. The summed E-state index contributed by atoms with van der Waals surface area (Å²) < 4.78 is 0. The Labute approximate surface area is 88.8 Å². The smallest absolute Gasteiger partial charge is 0.0817 e. The van der Waals surface area contributed by atoms with E-state index < -0.39 is 6.10 Å². The largest absolute Gasteiger partial charge is 0.396 e. The second kappa shape index (κ2) is 4.43. The van der Waals surface area contributed by atoms with Crippen LogP contribution in [0.1, 0.15) is 18.1 Å². The van der Waals surface area contributed by atoms with Crippen LogP contribution in [0.4, 0.5) is 0 Å². The fourth-order valence-electron chi connectivity index (χ4n) is 1.82. The molecule has 2 aromatic rings. The van der Waals surface area contributed by atoms with Gasteiger partial charge in [-0.25, -0.2) is 0 Å². The lowest BCUT2D eigenvalue weighted by molar-refractivity contribution is 0.135. The van der Waals surface area contributed by atoms with Gasteiger partial charge in [0.25, 0.3) is 0 Å². The molecule has 0 saturated heterocycles. The first-order valence-corrected chi connectivity index (χ1v) is 5.09. The van der Waals surface area contributed by atoms with Crippen LogP contribution in [-0.4, -0.2) is 16.8 Å². The lowest BCUT2D eigenvalue weighted by atomic mass is 9.99. The van der Waals surface area contributed by atoms with Crippen LogP contribution in [0.25, 0.3) is 10.8 Å².